The molecule has 3 saturated heterocycles. The highest BCUT2D eigenvalue weighted by atomic mass is 16.2. The smallest absolute Gasteiger partial charge is 0.325 e. The van der Waals surface area contributed by atoms with Crippen LogP contribution in [0.1, 0.15) is 28.9 Å². The molecule has 0 spiro atoms. The first-order chi connectivity index (χ1) is 12.5. The van der Waals surface area contributed by atoms with E-state index < -0.39 is 11.2 Å². The maximum absolute atomic E-state index is 12.6. The van der Waals surface area contributed by atoms with Gasteiger partial charge in [-0.2, -0.15) is 0 Å². The molecule has 1 atom stereocenters. The van der Waals surface area contributed by atoms with Gasteiger partial charge in [0, 0.05) is 23.8 Å². The topological polar surface area (TPSA) is 98.1 Å². The van der Waals surface area contributed by atoms with E-state index in [0.717, 1.165) is 32.5 Å². The van der Waals surface area contributed by atoms with Crippen molar-refractivity contribution >= 4 is 5.91 Å². The third-order valence-electron chi connectivity index (χ3n) is 5.54. The number of piperidine rings is 3. The van der Waals surface area contributed by atoms with E-state index in [0.29, 0.717) is 28.3 Å². The van der Waals surface area contributed by atoms with Gasteiger partial charge in [0.05, 0.1) is 5.56 Å². The molecule has 5 rings (SSSR count). The molecule has 3 fully saturated rings. The highest BCUT2D eigenvalue weighted by Gasteiger charge is 2.34. The van der Waals surface area contributed by atoms with Crippen molar-refractivity contribution in [1.82, 2.24) is 20.2 Å². The third-order valence-corrected chi connectivity index (χ3v) is 5.54. The summed E-state index contributed by atoms with van der Waals surface area (Å²) in [6.45, 7) is 4.89. The Morgan fingerprint density at radius 3 is 2.38 bits per heavy atom. The van der Waals surface area contributed by atoms with E-state index in [4.69, 9.17) is 0 Å². The maximum Gasteiger partial charge on any atom is 0.325 e. The average molecular weight is 354 g/mol. The summed E-state index contributed by atoms with van der Waals surface area (Å²) in [5, 5.41) is 3.16. The van der Waals surface area contributed by atoms with E-state index in [1.807, 2.05) is 0 Å². The Labute approximate surface area is 150 Å². The number of hydrogen-bond acceptors (Lipinski definition) is 4. The Bertz CT molecular complexity index is 936. The van der Waals surface area contributed by atoms with Crippen LogP contribution in [-0.4, -0.2) is 46.5 Å². The SMILES string of the molecule is Cc1[nH]c(=O)[nH]c(=O)c1-c1ccc(C(=O)N[C@@H]2CN3CCC2CC3)cc1. The molecule has 7 nitrogen and oxygen atoms in total. The number of nitrogens with one attached hydrogen (secondary N) is 3. The standard InChI is InChI=1S/C19H22N4O3/c1-11-16(18(25)22-19(26)20-11)13-2-4-14(5-3-13)17(24)21-15-10-23-8-6-12(15)7-9-23/h2-5,12,15H,6-10H2,1H3,(H,21,24)(H2,20,22,25,26)/t15-/m1/s1. The predicted molar refractivity (Wildman–Crippen MR) is 98.3 cm³/mol. The molecule has 3 aliphatic heterocycles. The lowest BCUT2D eigenvalue weighted by Crippen LogP contribution is -2.57. The van der Waals surface area contributed by atoms with Crippen molar-refractivity contribution in [3.8, 4) is 11.1 Å². The number of benzene rings is 1. The second-order valence-corrected chi connectivity index (χ2v) is 7.20. The second-order valence-electron chi connectivity index (χ2n) is 7.20. The van der Waals surface area contributed by atoms with Crippen molar-refractivity contribution in [2.24, 2.45) is 5.92 Å². The lowest BCUT2D eigenvalue weighted by Gasteiger charge is -2.44. The number of H-pyrrole nitrogens is 2. The zero-order chi connectivity index (χ0) is 18.3. The lowest BCUT2D eigenvalue weighted by atomic mass is 9.84. The van der Waals surface area contributed by atoms with Crippen LogP contribution >= 0.6 is 0 Å². The lowest BCUT2D eigenvalue weighted by molar-refractivity contribution is 0.0620. The van der Waals surface area contributed by atoms with E-state index >= 15 is 0 Å². The number of hydrogen-bond donors (Lipinski definition) is 3. The van der Waals surface area contributed by atoms with Crippen molar-refractivity contribution in [2.45, 2.75) is 25.8 Å². The molecular formula is C19H22N4O3. The Balaban J connectivity index is 1.52. The van der Waals surface area contributed by atoms with Gasteiger partial charge in [-0.25, -0.2) is 4.79 Å². The Morgan fingerprint density at radius 2 is 1.81 bits per heavy atom. The van der Waals surface area contributed by atoms with Crippen molar-refractivity contribution in [3.05, 3.63) is 56.4 Å². The molecule has 1 aromatic heterocycles. The molecule has 2 bridgehead atoms. The Kier molecular flexibility index (Phi) is 4.24. The van der Waals surface area contributed by atoms with Gasteiger partial charge in [-0.1, -0.05) is 12.1 Å². The van der Waals surface area contributed by atoms with Crippen LogP contribution in [0.2, 0.25) is 0 Å². The monoisotopic (exact) mass is 354 g/mol. The van der Waals surface area contributed by atoms with E-state index in [1.165, 1.54) is 0 Å². The first kappa shape index (κ1) is 16.8. The van der Waals surface area contributed by atoms with Gasteiger partial charge in [0.25, 0.3) is 11.5 Å². The van der Waals surface area contributed by atoms with Crippen molar-refractivity contribution in [3.63, 3.8) is 0 Å². The molecule has 1 aromatic carbocycles. The quantitative estimate of drug-likeness (QED) is 0.761. The van der Waals surface area contributed by atoms with Crippen LogP contribution in [0.15, 0.2) is 33.9 Å². The molecule has 7 heteroatoms. The molecule has 4 heterocycles. The number of carbonyl (C=O) groups excluding carboxylic acids is 1. The predicted octanol–water partition coefficient (Wildman–Crippen LogP) is 0.863. The summed E-state index contributed by atoms with van der Waals surface area (Å²) >= 11 is 0. The molecule has 1 amide bonds. The van der Waals surface area contributed by atoms with Crippen LogP contribution in [-0.2, 0) is 0 Å². The molecule has 3 aliphatic rings. The zero-order valence-corrected chi connectivity index (χ0v) is 14.7. The van der Waals surface area contributed by atoms with Gasteiger partial charge in [0.2, 0.25) is 0 Å². The fraction of sp³-hybridized carbons (Fsp3) is 0.421. The van der Waals surface area contributed by atoms with E-state index in [2.05, 4.69) is 20.2 Å². The summed E-state index contributed by atoms with van der Waals surface area (Å²) in [5.41, 5.74) is 1.20. The summed E-state index contributed by atoms with van der Waals surface area (Å²) in [6.07, 6.45) is 2.30. The molecular weight excluding hydrogens is 332 g/mol. The van der Waals surface area contributed by atoms with Gasteiger partial charge in [0.1, 0.15) is 0 Å². The van der Waals surface area contributed by atoms with Crippen molar-refractivity contribution in [2.75, 3.05) is 19.6 Å². The second kappa shape index (κ2) is 6.57. The van der Waals surface area contributed by atoms with Gasteiger partial charge in [0.15, 0.2) is 0 Å². The minimum atomic E-state index is -0.523. The molecule has 3 N–H and O–H groups in total. The first-order valence-corrected chi connectivity index (χ1v) is 8.98. The van der Waals surface area contributed by atoms with E-state index in [9.17, 15) is 14.4 Å². The number of carbonyl (C=O) groups is 1. The number of aromatic nitrogens is 2. The van der Waals surface area contributed by atoms with Crippen LogP contribution in [0.5, 0.6) is 0 Å². The Hall–Kier alpha value is -2.67. The van der Waals surface area contributed by atoms with Crippen LogP contribution in [0.4, 0.5) is 0 Å². The third kappa shape index (κ3) is 3.10. The molecule has 0 radical (unpaired) electrons. The maximum atomic E-state index is 12.6. The van der Waals surface area contributed by atoms with Crippen molar-refractivity contribution in [1.29, 1.82) is 0 Å². The first-order valence-electron chi connectivity index (χ1n) is 8.98. The minimum Gasteiger partial charge on any atom is -0.348 e. The van der Waals surface area contributed by atoms with Gasteiger partial charge >= 0.3 is 5.69 Å². The number of amides is 1. The van der Waals surface area contributed by atoms with Crippen LogP contribution in [0.25, 0.3) is 11.1 Å². The van der Waals surface area contributed by atoms with Gasteiger partial charge in [-0.05, 0) is 56.5 Å². The van der Waals surface area contributed by atoms with Gasteiger partial charge in [-0.15, -0.1) is 0 Å². The van der Waals surface area contributed by atoms with Gasteiger partial charge in [-0.3, -0.25) is 14.6 Å². The average Bonchev–Trinajstić information content (AvgIpc) is 2.62. The van der Waals surface area contributed by atoms with Gasteiger partial charge < -0.3 is 15.2 Å². The van der Waals surface area contributed by atoms with Crippen LogP contribution < -0.4 is 16.6 Å². The largest absolute Gasteiger partial charge is 0.348 e. The van der Waals surface area contributed by atoms with Crippen molar-refractivity contribution < 1.29 is 4.79 Å². The highest BCUT2D eigenvalue weighted by molar-refractivity contribution is 5.95. The van der Waals surface area contributed by atoms with E-state index in [1.54, 1.807) is 31.2 Å². The summed E-state index contributed by atoms with van der Waals surface area (Å²) < 4.78 is 0. The molecule has 2 aromatic rings. The number of fused-ring (bicyclic) bond motifs is 3. The normalized spacial score (nSPS) is 24.4. The zero-order valence-electron chi connectivity index (χ0n) is 14.7. The Morgan fingerprint density at radius 1 is 1.12 bits per heavy atom. The summed E-state index contributed by atoms with van der Waals surface area (Å²) in [5.74, 6) is 0.493. The van der Waals surface area contributed by atoms with Crippen LogP contribution in [0, 0.1) is 12.8 Å². The number of rotatable bonds is 3. The van der Waals surface area contributed by atoms with Crippen LogP contribution in [0.3, 0.4) is 0 Å². The number of aromatic amines is 2. The number of aryl methyl sites for hydroxylation is 1. The minimum absolute atomic E-state index is 0.0811. The summed E-state index contributed by atoms with van der Waals surface area (Å²) in [4.78, 5) is 43.2. The number of nitrogens with zero attached hydrogens (tertiary/aromatic N) is 1. The fourth-order valence-electron chi connectivity index (χ4n) is 4.12. The fourth-order valence-corrected chi connectivity index (χ4v) is 4.12. The summed E-state index contributed by atoms with van der Waals surface area (Å²) in [7, 11) is 0. The van der Waals surface area contributed by atoms with E-state index in [-0.39, 0.29) is 11.9 Å². The molecule has 0 saturated carbocycles. The molecule has 0 unspecified atom stereocenters. The molecule has 26 heavy (non-hydrogen) atoms. The molecule has 0 aliphatic carbocycles. The summed E-state index contributed by atoms with van der Waals surface area (Å²) in [6, 6.07) is 7.13. The highest BCUT2D eigenvalue weighted by Crippen LogP contribution is 2.27. The molecule has 136 valence electrons.